The Balaban J connectivity index is 1.54. The minimum Gasteiger partial charge on any atom is -0.493 e. The van der Waals surface area contributed by atoms with Crippen LogP contribution in [0.5, 0.6) is 11.5 Å². The number of carboxylic acids is 1. The molecule has 9 nitrogen and oxygen atoms in total. The van der Waals surface area contributed by atoms with Gasteiger partial charge in [-0.1, -0.05) is 53.7 Å². The van der Waals surface area contributed by atoms with Crippen molar-refractivity contribution in [3.05, 3.63) is 93.8 Å². The number of carbonyl (C=O) groups is 1. The van der Waals surface area contributed by atoms with Crippen molar-refractivity contribution >= 4 is 23.4 Å². The number of aryl methyl sites for hydroxylation is 1. The second-order valence-corrected chi connectivity index (χ2v) is 9.48. The van der Waals surface area contributed by atoms with Gasteiger partial charge in [0, 0.05) is 16.4 Å². The molecule has 3 N–H and O–H groups in total. The number of nitrogens with one attached hydrogen (secondary N) is 2. The summed E-state index contributed by atoms with van der Waals surface area (Å²) in [4.78, 5) is 27.2. The van der Waals surface area contributed by atoms with Crippen molar-refractivity contribution in [2.24, 2.45) is 0 Å². The summed E-state index contributed by atoms with van der Waals surface area (Å²) in [6.45, 7) is 1.56. The number of nitrogens with zero attached hydrogens (tertiary/aromatic N) is 2. The molecule has 0 spiro atoms. The average Bonchev–Trinajstić information content (AvgIpc) is 2.90. The highest BCUT2D eigenvalue weighted by Gasteiger charge is 2.38. The van der Waals surface area contributed by atoms with Crippen molar-refractivity contribution in [3.63, 3.8) is 0 Å². The first-order chi connectivity index (χ1) is 17.9. The second-order valence-electron chi connectivity index (χ2n) is 8.51. The van der Waals surface area contributed by atoms with E-state index in [1.807, 2.05) is 31.2 Å². The summed E-state index contributed by atoms with van der Waals surface area (Å²) in [7, 11) is 1.49. The van der Waals surface area contributed by atoms with E-state index in [0.717, 1.165) is 22.4 Å². The molecule has 0 radical (unpaired) electrons. The molecular weight excluding hydrogens is 492 g/mol. The van der Waals surface area contributed by atoms with Crippen LogP contribution in [0.1, 0.15) is 22.9 Å². The van der Waals surface area contributed by atoms with Gasteiger partial charge in [0.2, 0.25) is 5.16 Å². The maximum absolute atomic E-state index is 13.3. The molecule has 0 saturated carbocycles. The number of fused-ring (bicyclic) bond motifs is 3. The first kappa shape index (κ1) is 24.4. The Morgan fingerprint density at radius 2 is 1.89 bits per heavy atom. The quantitative estimate of drug-likeness (QED) is 0.239. The Labute approximate surface area is 217 Å². The van der Waals surface area contributed by atoms with E-state index in [4.69, 9.17) is 19.7 Å². The number of aromatic nitrogens is 3. The number of thioether (sulfide) groups is 1. The first-order valence-electron chi connectivity index (χ1n) is 11.6. The molecule has 4 aromatic rings. The van der Waals surface area contributed by atoms with Gasteiger partial charge in [-0.3, -0.25) is 9.78 Å². The fourth-order valence-electron chi connectivity index (χ4n) is 4.13. The number of rotatable bonds is 8. The van der Waals surface area contributed by atoms with Crippen LogP contribution >= 0.6 is 11.8 Å². The number of benzene rings is 3. The third-order valence-corrected chi connectivity index (χ3v) is 6.87. The number of aromatic amines is 1. The topological polar surface area (TPSA) is 117 Å². The standard InChI is InChI=1S/C27H24N4O5S/c1-16-7-9-17(10-8-16)15-37-27-29-26(34)24-19-5-3-4-6-20(19)28-25(31(24)30-27)18-11-12-21(22(13-18)35-2)36-14-23(32)33/h3-13,25H,14-15H2,1-2H3,(H2,29,30,32,33,34)/p+1/t25-/m0/s1. The van der Waals surface area contributed by atoms with E-state index in [1.165, 1.54) is 24.4 Å². The van der Waals surface area contributed by atoms with E-state index in [-0.39, 0.29) is 5.56 Å². The predicted octanol–water partition coefficient (Wildman–Crippen LogP) is 3.77. The maximum Gasteiger partial charge on any atom is 0.341 e. The fraction of sp³-hybridized carbons (Fsp3) is 0.185. The maximum atomic E-state index is 13.3. The van der Waals surface area contributed by atoms with Crippen molar-refractivity contribution in [2.45, 2.75) is 24.0 Å². The van der Waals surface area contributed by atoms with E-state index in [2.05, 4.69) is 34.6 Å². The molecule has 3 aromatic carbocycles. The van der Waals surface area contributed by atoms with Crippen LogP contribution in [0.3, 0.4) is 0 Å². The van der Waals surface area contributed by atoms with Crippen molar-refractivity contribution in [3.8, 4) is 22.8 Å². The van der Waals surface area contributed by atoms with Crippen LogP contribution in [0, 0.1) is 6.92 Å². The SMILES string of the molecule is COc1cc([C@H]2Nc3ccccc3-c3c(=O)[nH]c(SCc4ccc(C)cc4)n[n+]32)ccc1OCC(=O)O. The Bertz CT molecular complexity index is 1520. The minimum atomic E-state index is -1.08. The Morgan fingerprint density at radius 3 is 2.65 bits per heavy atom. The molecule has 37 heavy (non-hydrogen) atoms. The van der Waals surface area contributed by atoms with Gasteiger partial charge in [-0.25, -0.2) is 4.79 Å². The molecule has 2 heterocycles. The number of ether oxygens (including phenoxy) is 2. The summed E-state index contributed by atoms with van der Waals surface area (Å²) in [5.74, 6) is 0.254. The van der Waals surface area contributed by atoms with Gasteiger partial charge in [-0.2, -0.15) is 0 Å². The van der Waals surface area contributed by atoms with Crippen LogP contribution in [0.2, 0.25) is 0 Å². The Kier molecular flexibility index (Phi) is 6.82. The van der Waals surface area contributed by atoms with Crippen molar-refractivity contribution in [1.29, 1.82) is 0 Å². The van der Waals surface area contributed by atoms with Gasteiger partial charge >= 0.3 is 17.2 Å². The van der Waals surface area contributed by atoms with Gasteiger partial charge in [0.15, 0.2) is 18.1 Å². The zero-order valence-corrected chi connectivity index (χ0v) is 21.0. The zero-order chi connectivity index (χ0) is 25.9. The highest BCUT2D eigenvalue weighted by Crippen LogP contribution is 2.35. The van der Waals surface area contributed by atoms with E-state index < -0.39 is 18.7 Å². The number of hydrogen-bond acceptors (Lipinski definition) is 7. The zero-order valence-electron chi connectivity index (χ0n) is 20.2. The first-order valence-corrected chi connectivity index (χ1v) is 12.5. The molecular formula is C27H25N4O5S+. The van der Waals surface area contributed by atoms with E-state index in [1.54, 1.807) is 22.9 Å². The number of aliphatic carboxylic acids is 1. The van der Waals surface area contributed by atoms with Crippen molar-refractivity contribution in [2.75, 3.05) is 19.0 Å². The molecule has 0 aliphatic carbocycles. The largest absolute Gasteiger partial charge is 0.493 e. The van der Waals surface area contributed by atoms with E-state index in [9.17, 15) is 9.59 Å². The highest BCUT2D eigenvalue weighted by molar-refractivity contribution is 7.98. The molecule has 1 aliphatic heterocycles. The second kappa shape index (κ2) is 10.4. The molecule has 0 fully saturated rings. The van der Waals surface area contributed by atoms with Crippen LogP contribution in [0.15, 0.2) is 76.7 Å². The monoisotopic (exact) mass is 517 g/mol. The number of methoxy groups -OCH3 is 1. The van der Waals surface area contributed by atoms with E-state index in [0.29, 0.717) is 28.1 Å². The lowest BCUT2D eigenvalue weighted by Gasteiger charge is -2.23. The van der Waals surface area contributed by atoms with Gasteiger partial charge in [0.25, 0.3) is 6.17 Å². The van der Waals surface area contributed by atoms with Gasteiger partial charge < -0.3 is 19.9 Å². The molecule has 1 aromatic heterocycles. The number of carboxylic acid groups (broad SMARTS) is 1. The van der Waals surface area contributed by atoms with Gasteiger partial charge in [-0.05, 0) is 47.5 Å². The van der Waals surface area contributed by atoms with Crippen molar-refractivity contribution in [1.82, 2.24) is 10.1 Å². The third-order valence-electron chi connectivity index (χ3n) is 5.93. The summed E-state index contributed by atoms with van der Waals surface area (Å²) in [6.07, 6.45) is -0.520. The van der Waals surface area contributed by atoms with Crippen molar-refractivity contribution < 1.29 is 24.1 Å². The summed E-state index contributed by atoms with van der Waals surface area (Å²) in [6, 6.07) is 21.0. The van der Waals surface area contributed by atoms with Gasteiger partial charge in [-0.15, -0.1) is 0 Å². The number of H-pyrrole nitrogens is 1. The number of para-hydroxylation sites is 1. The lowest BCUT2D eigenvalue weighted by molar-refractivity contribution is -0.759. The molecule has 10 heteroatoms. The Morgan fingerprint density at radius 1 is 1.11 bits per heavy atom. The Hall–Kier alpha value is -4.31. The predicted molar refractivity (Wildman–Crippen MR) is 139 cm³/mol. The normalized spacial score (nSPS) is 13.7. The van der Waals surface area contributed by atoms with Gasteiger partial charge in [0.1, 0.15) is 0 Å². The fourth-order valence-corrected chi connectivity index (χ4v) is 4.93. The molecule has 0 bridgehead atoms. The molecule has 188 valence electrons. The summed E-state index contributed by atoms with van der Waals surface area (Å²) < 4.78 is 12.5. The third kappa shape index (κ3) is 5.14. The van der Waals surface area contributed by atoms with Crippen LogP contribution in [0.4, 0.5) is 5.69 Å². The lowest BCUT2D eigenvalue weighted by Crippen LogP contribution is -2.55. The lowest BCUT2D eigenvalue weighted by atomic mass is 10.0. The van der Waals surface area contributed by atoms with Crippen LogP contribution in [0.25, 0.3) is 11.3 Å². The van der Waals surface area contributed by atoms with Gasteiger partial charge in [0.05, 0.1) is 18.4 Å². The molecule has 0 saturated heterocycles. The average molecular weight is 518 g/mol. The summed E-state index contributed by atoms with van der Waals surface area (Å²) in [5, 5.41) is 17.7. The van der Waals surface area contributed by atoms with E-state index >= 15 is 0 Å². The van der Waals surface area contributed by atoms with Crippen LogP contribution in [-0.4, -0.2) is 34.9 Å². The molecule has 1 atom stereocenters. The van der Waals surface area contributed by atoms with Crippen LogP contribution < -0.4 is 25.0 Å². The van der Waals surface area contributed by atoms with Crippen LogP contribution in [-0.2, 0) is 10.5 Å². The summed E-state index contributed by atoms with van der Waals surface area (Å²) in [5.41, 5.74) is 4.81. The smallest absolute Gasteiger partial charge is 0.341 e. The summed E-state index contributed by atoms with van der Waals surface area (Å²) >= 11 is 1.45. The molecule has 1 aliphatic rings. The highest BCUT2D eigenvalue weighted by atomic mass is 32.2. The number of hydrogen-bond donors (Lipinski definition) is 3. The minimum absolute atomic E-state index is 0.242. The molecule has 0 amide bonds. The molecule has 5 rings (SSSR count). The molecule has 0 unspecified atom stereocenters. The number of anilines is 1.